The van der Waals surface area contributed by atoms with Crippen molar-refractivity contribution in [2.75, 3.05) is 0 Å². The van der Waals surface area contributed by atoms with Crippen LogP contribution in [0.15, 0.2) is 161 Å². The van der Waals surface area contributed by atoms with Crippen molar-refractivity contribution >= 4 is 35.7 Å². The Labute approximate surface area is 409 Å². The molecule has 0 radical (unpaired) electrons. The first kappa shape index (κ1) is 49.6. The predicted molar refractivity (Wildman–Crippen MR) is 284 cm³/mol. The molecule has 0 amide bonds. The molecule has 0 unspecified atom stereocenters. The molecule has 69 heavy (non-hydrogen) atoms. The van der Waals surface area contributed by atoms with E-state index >= 15 is 0 Å². The number of rotatable bonds is 27. The Morgan fingerprint density at radius 2 is 0.580 bits per heavy atom. The maximum absolute atomic E-state index is 6.17. The van der Waals surface area contributed by atoms with E-state index in [0.29, 0.717) is 17.2 Å². The molecular formula is C60H66N6O3. The zero-order chi connectivity index (χ0) is 47.7. The monoisotopic (exact) mass is 919 g/mol. The lowest BCUT2D eigenvalue weighted by atomic mass is 10.1. The molecule has 9 nitrogen and oxygen atoms in total. The fourth-order valence-electron chi connectivity index (χ4n) is 7.60. The Morgan fingerprint density at radius 1 is 0.319 bits per heavy atom. The minimum atomic E-state index is 0.0117. The quantitative estimate of drug-likeness (QED) is 0.0376. The number of ether oxygens (including phenoxy) is 3. The number of aromatic nitrogens is 3. The van der Waals surface area contributed by atoms with Crippen molar-refractivity contribution in [3.05, 3.63) is 179 Å². The van der Waals surface area contributed by atoms with Gasteiger partial charge in [0.05, 0.1) is 17.1 Å². The normalized spacial score (nSPS) is 11.5. The Morgan fingerprint density at radius 3 is 0.826 bits per heavy atom. The summed E-state index contributed by atoms with van der Waals surface area (Å²) >= 11 is 0. The standard InChI is InChI=1S/C60H66N6O3/c1-4-7-10-13-16-46-19-31-52(32-20-46)61-43-49-25-37-55(38-26-49)67-58-64-59(68-56-39-27-50(28-40-56)44-62-53-33-21-47(22-34-53)17-14-11-8-5-2)66-60(65-58)69-57-41-29-51(30-42-57)45-63-54-35-23-48(24-36-54)18-15-12-9-6-3/h19-45H,4-18H2,1-3H3. The summed E-state index contributed by atoms with van der Waals surface area (Å²) < 4.78 is 18.5. The smallest absolute Gasteiger partial charge is 0.331 e. The number of aliphatic imine (C=N–C) groups is 3. The van der Waals surface area contributed by atoms with Crippen LogP contribution in [-0.2, 0) is 19.3 Å². The molecule has 0 saturated carbocycles. The number of hydrogen-bond donors (Lipinski definition) is 0. The molecule has 1 heterocycles. The summed E-state index contributed by atoms with van der Waals surface area (Å²) in [6.45, 7) is 6.72. The lowest BCUT2D eigenvalue weighted by Gasteiger charge is -2.10. The summed E-state index contributed by atoms with van der Waals surface area (Å²) in [5, 5.41) is 0. The van der Waals surface area contributed by atoms with Gasteiger partial charge in [0.2, 0.25) is 0 Å². The third kappa shape index (κ3) is 17.4. The number of benzene rings is 6. The first-order valence-electron chi connectivity index (χ1n) is 25.0. The Balaban J connectivity index is 1.01. The van der Waals surface area contributed by atoms with Crippen molar-refractivity contribution < 1.29 is 14.2 Å². The zero-order valence-electron chi connectivity index (χ0n) is 40.6. The molecule has 6 aromatic carbocycles. The van der Waals surface area contributed by atoms with Crippen LogP contribution in [0.4, 0.5) is 17.1 Å². The Hall–Kier alpha value is -7.26. The number of nitrogens with zero attached hydrogens (tertiary/aromatic N) is 6. The van der Waals surface area contributed by atoms with Crippen LogP contribution in [-0.4, -0.2) is 33.6 Å². The fraction of sp³-hybridized carbons (Fsp3) is 0.300. The van der Waals surface area contributed by atoms with Crippen LogP contribution in [0.1, 0.15) is 131 Å². The summed E-state index contributed by atoms with van der Waals surface area (Å²) in [6, 6.07) is 48.1. The molecule has 0 atom stereocenters. The third-order valence-corrected chi connectivity index (χ3v) is 11.7. The van der Waals surface area contributed by atoms with Gasteiger partial charge in [-0.25, -0.2) is 0 Å². The van der Waals surface area contributed by atoms with Gasteiger partial charge in [0.15, 0.2) is 0 Å². The minimum absolute atomic E-state index is 0.0117. The van der Waals surface area contributed by atoms with Gasteiger partial charge in [0.1, 0.15) is 17.2 Å². The molecule has 0 aliphatic rings. The second-order valence-corrected chi connectivity index (χ2v) is 17.4. The highest BCUT2D eigenvalue weighted by molar-refractivity contribution is 5.83. The molecule has 0 N–H and O–H groups in total. The van der Waals surface area contributed by atoms with Gasteiger partial charge in [0.25, 0.3) is 0 Å². The van der Waals surface area contributed by atoms with Crippen LogP contribution in [0.2, 0.25) is 0 Å². The number of hydrogen-bond acceptors (Lipinski definition) is 9. The highest BCUT2D eigenvalue weighted by atomic mass is 16.5. The maximum Gasteiger partial charge on any atom is 0.331 e. The fourth-order valence-corrected chi connectivity index (χ4v) is 7.60. The van der Waals surface area contributed by atoms with Crippen molar-refractivity contribution in [1.82, 2.24) is 15.0 Å². The summed E-state index contributed by atoms with van der Waals surface area (Å²) in [5.41, 5.74) is 9.54. The van der Waals surface area contributed by atoms with Gasteiger partial charge in [0, 0.05) is 18.6 Å². The highest BCUT2D eigenvalue weighted by Gasteiger charge is 2.14. The van der Waals surface area contributed by atoms with Gasteiger partial charge < -0.3 is 14.2 Å². The highest BCUT2D eigenvalue weighted by Crippen LogP contribution is 2.28. The second-order valence-electron chi connectivity index (χ2n) is 17.4. The number of aryl methyl sites for hydroxylation is 3. The Bertz CT molecular complexity index is 2350. The van der Waals surface area contributed by atoms with Crippen molar-refractivity contribution in [1.29, 1.82) is 0 Å². The van der Waals surface area contributed by atoms with E-state index in [1.54, 1.807) is 0 Å². The van der Waals surface area contributed by atoms with Crippen molar-refractivity contribution in [3.63, 3.8) is 0 Å². The molecule has 0 spiro atoms. The molecule has 0 saturated heterocycles. The summed E-state index contributed by atoms with van der Waals surface area (Å²) in [7, 11) is 0. The van der Waals surface area contributed by atoms with Gasteiger partial charge in [-0.1, -0.05) is 115 Å². The first-order chi connectivity index (χ1) is 34.0. The molecule has 0 aliphatic carbocycles. The van der Waals surface area contributed by atoms with Gasteiger partial charge in [-0.15, -0.1) is 15.0 Å². The van der Waals surface area contributed by atoms with E-state index in [9.17, 15) is 0 Å². The molecule has 0 fully saturated rings. The molecular weight excluding hydrogens is 853 g/mol. The topological polar surface area (TPSA) is 103 Å². The number of unbranched alkanes of at least 4 members (excludes halogenated alkanes) is 9. The summed E-state index contributed by atoms with van der Waals surface area (Å²) in [5.74, 6) is 1.58. The molecule has 1 aromatic heterocycles. The largest absolute Gasteiger partial charge is 0.424 e. The lowest BCUT2D eigenvalue weighted by Crippen LogP contribution is -2.01. The van der Waals surface area contributed by atoms with Crippen molar-refractivity contribution in [2.24, 2.45) is 15.0 Å². The molecule has 354 valence electrons. The van der Waals surface area contributed by atoms with E-state index in [0.717, 1.165) is 53.0 Å². The van der Waals surface area contributed by atoms with Crippen molar-refractivity contribution in [3.8, 4) is 35.3 Å². The van der Waals surface area contributed by atoms with Crippen LogP contribution >= 0.6 is 0 Å². The van der Waals surface area contributed by atoms with Crippen molar-refractivity contribution in [2.45, 2.75) is 117 Å². The maximum atomic E-state index is 6.17. The lowest BCUT2D eigenvalue weighted by molar-refractivity contribution is 0.362. The van der Waals surface area contributed by atoms with E-state index in [4.69, 9.17) is 14.2 Å². The molecule has 7 aromatic rings. The minimum Gasteiger partial charge on any atom is -0.424 e. The van der Waals surface area contributed by atoms with Gasteiger partial charge >= 0.3 is 18.0 Å². The Kier molecular flexibility index (Phi) is 19.8. The average molecular weight is 919 g/mol. The predicted octanol–water partition coefficient (Wildman–Crippen LogP) is 16.9. The second kappa shape index (κ2) is 27.5. The third-order valence-electron chi connectivity index (χ3n) is 11.7. The van der Waals surface area contributed by atoms with Crippen LogP contribution in [0.3, 0.4) is 0 Å². The van der Waals surface area contributed by atoms with E-state index in [-0.39, 0.29) is 18.0 Å². The van der Waals surface area contributed by atoms with Crippen LogP contribution in [0.5, 0.6) is 35.3 Å². The summed E-state index contributed by atoms with van der Waals surface area (Å²) in [4.78, 5) is 27.6. The molecule has 9 heteroatoms. The van der Waals surface area contributed by atoms with E-state index in [1.165, 1.54) is 93.7 Å². The van der Waals surface area contributed by atoms with Gasteiger partial charge in [-0.2, -0.15) is 0 Å². The molecule has 0 aliphatic heterocycles. The van der Waals surface area contributed by atoms with Crippen LogP contribution in [0.25, 0.3) is 0 Å². The molecule has 0 bridgehead atoms. The van der Waals surface area contributed by atoms with Gasteiger partial charge in [-0.3, -0.25) is 15.0 Å². The first-order valence-corrected chi connectivity index (χ1v) is 25.0. The van der Waals surface area contributed by atoms with Crippen LogP contribution in [0, 0.1) is 0 Å². The van der Waals surface area contributed by atoms with E-state index < -0.39 is 0 Å². The SMILES string of the molecule is CCCCCCc1ccc(N=Cc2ccc(Oc3nc(Oc4ccc(C=Nc5ccc(CCCCCC)cc5)cc4)nc(Oc4ccc(C=Nc5ccc(CCCCCC)cc5)cc4)n3)cc2)cc1. The van der Waals surface area contributed by atoms with Gasteiger partial charge in [-0.05, 0) is 181 Å². The van der Waals surface area contributed by atoms with Crippen LogP contribution < -0.4 is 14.2 Å². The van der Waals surface area contributed by atoms with E-state index in [2.05, 4.69) is 123 Å². The van der Waals surface area contributed by atoms with E-state index in [1.807, 2.05) is 91.4 Å². The zero-order valence-corrected chi connectivity index (χ0v) is 40.6. The molecule has 7 rings (SSSR count). The average Bonchev–Trinajstić information content (AvgIpc) is 3.38. The summed E-state index contributed by atoms with van der Waals surface area (Å²) in [6.07, 6.45) is 23.9.